The van der Waals surface area contributed by atoms with Crippen LogP contribution >= 0.6 is 0 Å². The number of nitrogens with zero attached hydrogens (tertiary/aromatic N) is 2. The first-order chi connectivity index (χ1) is 8.81. The van der Waals surface area contributed by atoms with Crippen molar-refractivity contribution >= 4 is 5.52 Å². The van der Waals surface area contributed by atoms with Gasteiger partial charge >= 0.3 is 0 Å². The van der Waals surface area contributed by atoms with Crippen LogP contribution in [0.2, 0.25) is 0 Å². The van der Waals surface area contributed by atoms with Crippen LogP contribution in [0, 0.1) is 6.92 Å². The number of aryl methyl sites for hydroxylation is 2. The molecule has 2 nitrogen and oxygen atoms in total. The molecule has 0 spiro atoms. The third kappa shape index (κ3) is 1.61. The molecule has 0 fully saturated rings. The standard InChI is InChI=1S/C16H16N2/c1-3-13-11-14-8-6-7-12(2)18(14)16(13)15-9-4-5-10-17-15/h4-11H,3H2,1-2H3. The molecule has 0 radical (unpaired) electrons. The molecular weight excluding hydrogens is 220 g/mol. The Labute approximate surface area is 107 Å². The molecular formula is C16H16N2. The van der Waals surface area contributed by atoms with Crippen LogP contribution in [0.3, 0.4) is 0 Å². The van der Waals surface area contributed by atoms with E-state index >= 15 is 0 Å². The van der Waals surface area contributed by atoms with Crippen molar-refractivity contribution in [1.29, 1.82) is 0 Å². The lowest BCUT2D eigenvalue weighted by atomic mass is 10.1. The van der Waals surface area contributed by atoms with Gasteiger partial charge in [0.25, 0.3) is 0 Å². The SMILES string of the molecule is CCc1cc2cccc(C)n2c1-c1ccccn1. The number of fused-ring (bicyclic) bond motifs is 1. The highest BCUT2D eigenvalue weighted by atomic mass is 14.9. The van der Waals surface area contributed by atoms with E-state index in [1.54, 1.807) is 0 Å². The molecule has 3 aromatic rings. The van der Waals surface area contributed by atoms with E-state index in [0.29, 0.717) is 0 Å². The van der Waals surface area contributed by atoms with Crippen molar-refractivity contribution < 1.29 is 0 Å². The minimum Gasteiger partial charge on any atom is -0.312 e. The molecule has 0 atom stereocenters. The summed E-state index contributed by atoms with van der Waals surface area (Å²) >= 11 is 0. The number of hydrogen-bond donors (Lipinski definition) is 0. The van der Waals surface area contributed by atoms with Crippen molar-refractivity contribution in [2.24, 2.45) is 0 Å². The average molecular weight is 236 g/mol. The maximum absolute atomic E-state index is 4.50. The molecule has 0 bridgehead atoms. The van der Waals surface area contributed by atoms with Gasteiger partial charge < -0.3 is 4.40 Å². The van der Waals surface area contributed by atoms with Gasteiger partial charge in [0.15, 0.2) is 0 Å². The van der Waals surface area contributed by atoms with Gasteiger partial charge in [0.1, 0.15) is 0 Å². The van der Waals surface area contributed by atoms with E-state index in [-0.39, 0.29) is 0 Å². The summed E-state index contributed by atoms with van der Waals surface area (Å²) in [5, 5.41) is 0. The van der Waals surface area contributed by atoms with Crippen molar-refractivity contribution in [3.05, 3.63) is 59.9 Å². The minimum atomic E-state index is 1.02. The zero-order valence-corrected chi connectivity index (χ0v) is 10.7. The summed E-state index contributed by atoms with van der Waals surface area (Å²) in [7, 11) is 0. The molecule has 3 heterocycles. The quantitative estimate of drug-likeness (QED) is 0.660. The van der Waals surface area contributed by atoms with Gasteiger partial charge in [-0.1, -0.05) is 19.1 Å². The van der Waals surface area contributed by atoms with Crippen LogP contribution < -0.4 is 0 Å². The maximum Gasteiger partial charge on any atom is 0.0872 e. The second kappa shape index (κ2) is 4.30. The van der Waals surface area contributed by atoms with Gasteiger partial charge in [0.2, 0.25) is 0 Å². The fraction of sp³-hybridized carbons (Fsp3) is 0.188. The molecule has 0 saturated carbocycles. The van der Waals surface area contributed by atoms with Crippen LogP contribution in [0.4, 0.5) is 0 Å². The molecule has 0 N–H and O–H groups in total. The predicted octanol–water partition coefficient (Wildman–Crippen LogP) is 3.87. The minimum absolute atomic E-state index is 1.02. The van der Waals surface area contributed by atoms with E-state index in [4.69, 9.17) is 0 Å². The van der Waals surface area contributed by atoms with Gasteiger partial charge in [-0.2, -0.15) is 0 Å². The summed E-state index contributed by atoms with van der Waals surface area (Å²) in [6, 6.07) is 14.7. The lowest BCUT2D eigenvalue weighted by Crippen LogP contribution is -1.96. The normalized spacial score (nSPS) is 11.0. The van der Waals surface area contributed by atoms with Gasteiger partial charge in [-0.05, 0) is 49.2 Å². The number of hydrogen-bond acceptors (Lipinski definition) is 1. The number of rotatable bonds is 2. The first-order valence-electron chi connectivity index (χ1n) is 6.32. The van der Waals surface area contributed by atoms with E-state index in [2.05, 4.69) is 53.6 Å². The Morgan fingerprint density at radius 1 is 1.11 bits per heavy atom. The maximum atomic E-state index is 4.50. The van der Waals surface area contributed by atoms with Gasteiger partial charge in [-0.3, -0.25) is 4.98 Å². The van der Waals surface area contributed by atoms with E-state index in [1.807, 2.05) is 18.3 Å². The Bertz CT molecular complexity index is 681. The van der Waals surface area contributed by atoms with Gasteiger partial charge in [-0.15, -0.1) is 0 Å². The van der Waals surface area contributed by atoms with Crippen molar-refractivity contribution in [2.75, 3.05) is 0 Å². The van der Waals surface area contributed by atoms with E-state index in [1.165, 1.54) is 22.5 Å². The Morgan fingerprint density at radius 2 is 2.00 bits per heavy atom. The molecule has 2 heteroatoms. The highest BCUT2D eigenvalue weighted by Gasteiger charge is 2.12. The molecule has 90 valence electrons. The molecule has 0 aliphatic heterocycles. The fourth-order valence-corrected chi connectivity index (χ4v) is 2.50. The van der Waals surface area contributed by atoms with Gasteiger partial charge in [-0.25, -0.2) is 0 Å². The number of aromatic nitrogens is 2. The van der Waals surface area contributed by atoms with Crippen LogP contribution in [-0.4, -0.2) is 9.38 Å². The summed E-state index contributed by atoms with van der Waals surface area (Å²) < 4.78 is 2.29. The lowest BCUT2D eigenvalue weighted by Gasteiger charge is -2.07. The first-order valence-corrected chi connectivity index (χ1v) is 6.32. The summed E-state index contributed by atoms with van der Waals surface area (Å²) in [5.74, 6) is 0. The second-order valence-corrected chi connectivity index (χ2v) is 4.51. The molecule has 0 saturated heterocycles. The van der Waals surface area contributed by atoms with Crippen molar-refractivity contribution in [2.45, 2.75) is 20.3 Å². The van der Waals surface area contributed by atoms with Crippen molar-refractivity contribution in [3.63, 3.8) is 0 Å². The van der Waals surface area contributed by atoms with Crippen molar-refractivity contribution in [1.82, 2.24) is 9.38 Å². The van der Waals surface area contributed by atoms with E-state index in [9.17, 15) is 0 Å². The van der Waals surface area contributed by atoms with Crippen molar-refractivity contribution in [3.8, 4) is 11.4 Å². The highest BCUT2D eigenvalue weighted by Crippen LogP contribution is 2.27. The Hall–Kier alpha value is -2.09. The molecule has 18 heavy (non-hydrogen) atoms. The molecule has 0 amide bonds. The summed E-state index contributed by atoms with van der Waals surface area (Å²) in [4.78, 5) is 4.50. The Morgan fingerprint density at radius 3 is 2.72 bits per heavy atom. The summed E-state index contributed by atoms with van der Waals surface area (Å²) in [6.07, 6.45) is 2.87. The number of pyridine rings is 2. The van der Waals surface area contributed by atoms with Gasteiger partial charge in [0.05, 0.1) is 11.4 Å². The van der Waals surface area contributed by atoms with Crippen LogP contribution in [0.15, 0.2) is 48.7 Å². The molecule has 3 rings (SSSR count). The zero-order valence-electron chi connectivity index (χ0n) is 10.7. The monoisotopic (exact) mass is 236 g/mol. The van der Waals surface area contributed by atoms with Crippen LogP contribution in [0.5, 0.6) is 0 Å². The third-order valence-corrected chi connectivity index (χ3v) is 3.35. The molecule has 0 unspecified atom stereocenters. The molecule has 0 aliphatic carbocycles. The van der Waals surface area contributed by atoms with Crippen LogP contribution in [0.25, 0.3) is 16.9 Å². The van der Waals surface area contributed by atoms with Crippen LogP contribution in [-0.2, 0) is 6.42 Å². The third-order valence-electron chi connectivity index (χ3n) is 3.35. The first kappa shape index (κ1) is 11.0. The molecule has 3 aromatic heterocycles. The van der Waals surface area contributed by atoms with E-state index in [0.717, 1.165) is 12.1 Å². The van der Waals surface area contributed by atoms with Gasteiger partial charge in [0, 0.05) is 17.4 Å². The smallest absolute Gasteiger partial charge is 0.0872 e. The largest absolute Gasteiger partial charge is 0.312 e. The second-order valence-electron chi connectivity index (χ2n) is 4.51. The highest BCUT2D eigenvalue weighted by molar-refractivity contribution is 5.70. The summed E-state index contributed by atoms with van der Waals surface area (Å²) in [5.41, 5.74) is 6.11. The molecule has 0 aromatic carbocycles. The zero-order chi connectivity index (χ0) is 12.5. The Kier molecular flexibility index (Phi) is 2.63. The summed E-state index contributed by atoms with van der Waals surface area (Å²) in [6.45, 7) is 4.33. The Balaban J connectivity index is 2.39. The predicted molar refractivity (Wildman–Crippen MR) is 74.7 cm³/mol. The molecule has 0 aliphatic rings. The lowest BCUT2D eigenvalue weighted by molar-refractivity contribution is 1.06. The van der Waals surface area contributed by atoms with Crippen LogP contribution in [0.1, 0.15) is 18.2 Å². The van der Waals surface area contributed by atoms with E-state index < -0.39 is 0 Å². The fourth-order valence-electron chi connectivity index (χ4n) is 2.50. The average Bonchev–Trinajstić information content (AvgIpc) is 2.79. The topological polar surface area (TPSA) is 17.3 Å².